The summed E-state index contributed by atoms with van der Waals surface area (Å²) in [4.78, 5) is 8.64. The molecule has 5 nitrogen and oxygen atoms in total. The van der Waals surface area contributed by atoms with Crippen LogP contribution in [-0.4, -0.2) is 4.98 Å². The maximum absolute atomic E-state index is 6.15. The minimum Gasteiger partial charge on any atom is -0.509 e. The number of ether oxygens (including phenoxy) is 2. The van der Waals surface area contributed by atoms with Crippen LogP contribution in [0.4, 0.5) is 17.1 Å². The molecule has 4 aromatic carbocycles. The van der Waals surface area contributed by atoms with Crippen LogP contribution in [0.5, 0.6) is 23.1 Å². The fourth-order valence-electron chi connectivity index (χ4n) is 4.65. The van der Waals surface area contributed by atoms with Crippen LogP contribution in [0.2, 0.25) is 0 Å². The zero-order valence-corrected chi connectivity index (χ0v) is 25.4. The zero-order valence-electron chi connectivity index (χ0n) is 23.2. The fourth-order valence-corrected chi connectivity index (χ4v) is 4.65. The van der Waals surface area contributed by atoms with Crippen LogP contribution in [0.3, 0.4) is 0 Å². The molecule has 1 aromatic heterocycles. The van der Waals surface area contributed by atoms with E-state index in [-0.39, 0.29) is 26.5 Å². The van der Waals surface area contributed by atoms with Crippen LogP contribution < -0.4 is 19.3 Å². The third-order valence-corrected chi connectivity index (χ3v) is 6.68. The summed E-state index contributed by atoms with van der Waals surface area (Å²) >= 11 is 0. The average molecular weight is 720 g/mol. The Balaban J connectivity index is 0.00000337. The van der Waals surface area contributed by atoms with Gasteiger partial charge in [0, 0.05) is 68.5 Å². The second kappa shape index (κ2) is 12.2. The Morgan fingerprint density at radius 2 is 1.41 bits per heavy atom. The fraction of sp³-hybridized carbons (Fsp3) is 0.143. The van der Waals surface area contributed by atoms with Crippen molar-refractivity contribution in [3.05, 3.63) is 139 Å². The Hall–Kier alpha value is -4.08. The van der Waals surface area contributed by atoms with Gasteiger partial charge in [0.15, 0.2) is 0 Å². The van der Waals surface area contributed by atoms with Gasteiger partial charge in [-0.1, -0.05) is 69.3 Å². The largest absolute Gasteiger partial charge is 0.509 e. The van der Waals surface area contributed by atoms with E-state index in [0.29, 0.717) is 23.1 Å². The van der Waals surface area contributed by atoms with Gasteiger partial charge in [-0.05, 0) is 34.7 Å². The molecule has 0 atom stereocenters. The Kier molecular flexibility index (Phi) is 8.46. The molecule has 5 aromatic rings. The van der Waals surface area contributed by atoms with Gasteiger partial charge in [-0.3, -0.25) is 0 Å². The van der Waals surface area contributed by atoms with Crippen LogP contribution in [0.1, 0.15) is 31.9 Å². The van der Waals surface area contributed by atoms with Gasteiger partial charge in [-0.25, -0.2) is 4.98 Å². The van der Waals surface area contributed by atoms with E-state index in [0.717, 1.165) is 23.6 Å². The summed E-state index contributed by atoms with van der Waals surface area (Å²) in [6.45, 7) is 9.65. The van der Waals surface area contributed by atoms with Gasteiger partial charge in [0.1, 0.15) is 0 Å². The molecule has 1 aliphatic heterocycles. The predicted molar refractivity (Wildman–Crippen MR) is 159 cm³/mol. The number of hydrogen-bond donors (Lipinski definition) is 0. The molecule has 0 spiro atoms. The van der Waals surface area contributed by atoms with Gasteiger partial charge in [-0.15, -0.1) is 36.0 Å². The third-order valence-electron chi connectivity index (χ3n) is 6.68. The second-order valence-corrected chi connectivity index (χ2v) is 10.7. The molecule has 6 heteroatoms. The molecule has 0 unspecified atom stereocenters. The number of aromatic nitrogens is 1. The van der Waals surface area contributed by atoms with Crippen molar-refractivity contribution in [1.82, 2.24) is 4.98 Å². The van der Waals surface area contributed by atoms with Gasteiger partial charge < -0.3 is 19.3 Å². The van der Waals surface area contributed by atoms with Crippen LogP contribution in [0.15, 0.2) is 109 Å². The molecule has 0 N–H and O–H groups in total. The number of hydrogen-bond acceptors (Lipinski definition) is 5. The van der Waals surface area contributed by atoms with Crippen LogP contribution in [-0.2, 0) is 33.0 Å². The first-order valence-electron chi connectivity index (χ1n) is 13.3. The molecule has 0 amide bonds. The van der Waals surface area contributed by atoms with Crippen molar-refractivity contribution in [3.8, 4) is 23.1 Å². The van der Waals surface area contributed by atoms with Gasteiger partial charge in [0.05, 0.1) is 0 Å². The molecule has 0 fully saturated rings. The molecular weight excluding hydrogens is 689 g/mol. The van der Waals surface area contributed by atoms with E-state index in [1.165, 1.54) is 11.1 Å². The summed E-state index contributed by atoms with van der Waals surface area (Å²) in [5, 5.41) is 0. The number of fused-ring (bicyclic) bond motifs is 1. The SMILES string of the molecule is CC(C)(C)c1cccc(CN2[CH-]N(c3[c-]c(Oc4[c-]c(Oc5ccccn5)ccc4)ccc3)c3ccccc32)c1.[Pt]. The topological polar surface area (TPSA) is 37.8 Å². The number of nitrogens with zero attached hydrogens (tertiary/aromatic N) is 3. The minimum atomic E-state index is 0. The summed E-state index contributed by atoms with van der Waals surface area (Å²) in [5.41, 5.74) is 5.84. The molecule has 0 aliphatic carbocycles. The van der Waals surface area contributed by atoms with Gasteiger partial charge in [-0.2, -0.15) is 18.8 Å². The third kappa shape index (κ3) is 6.63. The number of rotatable bonds is 7. The van der Waals surface area contributed by atoms with E-state index in [2.05, 4.69) is 103 Å². The molecule has 0 bridgehead atoms. The minimum absolute atomic E-state index is 0. The van der Waals surface area contributed by atoms with E-state index in [9.17, 15) is 0 Å². The molecule has 0 saturated carbocycles. The van der Waals surface area contributed by atoms with E-state index >= 15 is 0 Å². The number of pyridine rings is 1. The molecule has 41 heavy (non-hydrogen) atoms. The smallest absolute Gasteiger partial charge is 0.216 e. The number of para-hydroxylation sites is 2. The van der Waals surface area contributed by atoms with Crippen LogP contribution in [0, 0.1) is 18.8 Å². The first-order valence-corrected chi connectivity index (χ1v) is 13.3. The summed E-state index contributed by atoms with van der Waals surface area (Å²) in [5.74, 6) is 2.15. The van der Waals surface area contributed by atoms with Gasteiger partial charge in [0.25, 0.3) is 0 Å². The molecule has 6 rings (SSSR count). The molecule has 0 saturated heterocycles. The van der Waals surface area contributed by atoms with E-state index in [1.807, 2.05) is 48.5 Å². The number of anilines is 3. The van der Waals surface area contributed by atoms with E-state index in [4.69, 9.17) is 9.47 Å². The Labute approximate surface area is 256 Å². The molecule has 210 valence electrons. The zero-order chi connectivity index (χ0) is 27.5. The first kappa shape index (κ1) is 28.4. The van der Waals surface area contributed by atoms with Crippen molar-refractivity contribution >= 4 is 17.1 Å². The van der Waals surface area contributed by atoms with Crippen molar-refractivity contribution in [2.75, 3.05) is 9.80 Å². The maximum Gasteiger partial charge on any atom is 0.216 e. The van der Waals surface area contributed by atoms with Crippen LogP contribution in [0.25, 0.3) is 0 Å². The summed E-state index contributed by atoms with van der Waals surface area (Å²) in [7, 11) is 0. The number of benzene rings is 4. The van der Waals surface area contributed by atoms with Crippen molar-refractivity contribution in [3.63, 3.8) is 0 Å². The standard InChI is InChI=1S/C35H30N3O2.Pt/c1-35(2,3)27-12-8-11-26(21-27)24-37-25-38(33-18-5-4-17-32(33)37)28-13-9-14-29(22-28)39-30-15-10-16-31(23-30)40-34-19-6-7-20-36-34;/h4-21,25H,24H2,1-3H3;/q-3;. The Morgan fingerprint density at radius 1 is 0.732 bits per heavy atom. The molecule has 1 aliphatic rings. The van der Waals surface area contributed by atoms with E-state index < -0.39 is 0 Å². The van der Waals surface area contributed by atoms with Crippen molar-refractivity contribution in [1.29, 1.82) is 0 Å². The van der Waals surface area contributed by atoms with Crippen molar-refractivity contribution in [2.45, 2.75) is 32.7 Å². The van der Waals surface area contributed by atoms with E-state index in [1.54, 1.807) is 12.3 Å². The second-order valence-electron chi connectivity index (χ2n) is 10.7. The maximum atomic E-state index is 6.15. The van der Waals surface area contributed by atoms with Crippen LogP contribution >= 0.6 is 0 Å². The Morgan fingerprint density at radius 3 is 2.17 bits per heavy atom. The monoisotopic (exact) mass is 719 g/mol. The first-order chi connectivity index (χ1) is 19.4. The Bertz CT molecular complexity index is 1620. The normalized spacial score (nSPS) is 12.5. The van der Waals surface area contributed by atoms with Gasteiger partial charge in [0.2, 0.25) is 5.88 Å². The molecular formula is C35H30N3O2Pt-3. The quantitative estimate of drug-likeness (QED) is 0.157. The summed E-state index contributed by atoms with van der Waals surface area (Å²) < 4.78 is 12.0. The van der Waals surface area contributed by atoms with Gasteiger partial charge >= 0.3 is 0 Å². The van der Waals surface area contributed by atoms with Crippen molar-refractivity contribution < 1.29 is 30.5 Å². The summed E-state index contributed by atoms with van der Waals surface area (Å²) in [6, 6.07) is 40.8. The summed E-state index contributed by atoms with van der Waals surface area (Å²) in [6.07, 6.45) is 1.69. The molecule has 0 radical (unpaired) electrons. The average Bonchev–Trinajstić information content (AvgIpc) is 3.32. The van der Waals surface area contributed by atoms with Crippen molar-refractivity contribution in [2.24, 2.45) is 0 Å². The molecule has 2 heterocycles. The predicted octanol–water partition coefficient (Wildman–Crippen LogP) is 8.84.